The minimum Gasteiger partial charge on any atom is -0.446 e. The molecule has 1 aliphatic rings. The van der Waals surface area contributed by atoms with Crippen molar-refractivity contribution >= 4 is 46.9 Å². The number of nitrogens with two attached hydrogens (primary N) is 1. The third kappa shape index (κ3) is 3.51. The zero-order valence-corrected chi connectivity index (χ0v) is 14.9. The number of rotatable bonds is 3. The number of hydrogen-bond donors (Lipinski definition) is 3. The van der Waals surface area contributed by atoms with E-state index in [1.165, 1.54) is 0 Å². The number of hydrogen-bond acceptors (Lipinski definition) is 5. The van der Waals surface area contributed by atoms with E-state index in [4.69, 9.17) is 21.8 Å². The number of carbonyl (C=O) groups is 1. The summed E-state index contributed by atoms with van der Waals surface area (Å²) in [5, 5.41) is 5.94. The predicted molar refractivity (Wildman–Crippen MR) is 107 cm³/mol. The molecule has 2 aromatic carbocycles. The molecule has 136 valence electrons. The fraction of sp³-hybridized carbons (Fsp3) is 0.0526. The van der Waals surface area contributed by atoms with Crippen LogP contribution in [0.4, 0.5) is 27.7 Å². The predicted octanol–water partition coefficient (Wildman–Crippen LogP) is 4.71. The number of nitrogens with zero attached hydrogens (tertiary/aromatic N) is 2. The number of amides is 2. The summed E-state index contributed by atoms with van der Waals surface area (Å²) >= 11 is 6.04. The fourth-order valence-corrected chi connectivity index (χ4v) is 2.95. The molecular weight excluding hydrogens is 366 g/mol. The Labute approximate surface area is 160 Å². The first-order chi connectivity index (χ1) is 13.1. The van der Waals surface area contributed by atoms with E-state index in [1.54, 1.807) is 55.1 Å². The van der Waals surface area contributed by atoms with E-state index in [9.17, 15) is 4.79 Å². The van der Waals surface area contributed by atoms with Crippen LogP contribution in [-0.2, 0) is 0 Å². The normalized spacial score (nSPS) is 15.3. The number of halogens is 1. The Kier molecular flexibility index (Phi) is 4.53. The second-order valence-electron chi connectivity index (χ2n) is 5.88. The topological polar surface area (TPSA) is 95.9 Å². The number of carbonyl (C=O) groups excluding carboxylic acids is 1. The van der Waals surface area contributed by atoms with Crippen molar-refractivity contribution in [1.82, 2.24) is 0 Å². The Bertz CT molecular complexity index is 999. The monoisotopic (exact) mass is 381 g/mol. The molecule has 8 heteroatoms. The van der Waals surface area contributed by atoms with Crippen molar-refractivity contribution in [2.24, 2.45) is 10.7 Å². The number of para-hydroxylation sites is 1. The first-order valence-electron chi connectivity index (χ1n) is 8.20. The molecule has 0 saturated carbocycles. The van der Waals surface area contributed by atoms with E-state index in [-0.39, 0.29) is 6.03 Å². The number of urea groups is 1. The average molecular weight is 382 g/mol. The van der Waals surface area contributed by atoms with E-state index >= 15 is 0 Å². The Morgan fingerprint density at radius 2 is 1.89 bits per heavy atom. The van der Waals surface area contributed by atoms with Gasteiger partial charge in [-0.1, -0.05) is 23.7 Å². The molecule has 3 aromatic rings. The van der Waals surface area contributed by atoms with Gasteiger partial charge in [0.25, 0.3) is 0 Å². The summed E-state index contributed by atoms with van der Waals surface area (Å²) in [5.41, 5.74) is 9.10. The minimum atomic E-state index is -0.390. The van der Waals surface area contributed by atoms with Crippen LogP contribution in [-0.4, -0.2) is 12.4 Å². The molecule has 1 aromatic heterocycles. The van der Waals surface area contributed by atoms with Crippen LogP contribution < -0.4 is 21.3 Å². The first kappa shape index (κ1) is 17.1. The van der Waals surface area contributed by atoms with Gasteiger partial charge in [-0.15, -0.1) is 0 Å². The smallest absolute Gasteiger partial charge is 0.323 e. The summed E-state index contributed by atoms with van der Waals surface area (Å²) in [6.07, 6.45) is 2.80. The van der Waals surface area contributed by atoms with Gasteiger partial charge in [0, 0.05) is 11.4 Å². The lowest BCUT2D eigenvalue weighted by Crippen LogP contribution is -2.35. The summed E-state index contributed by atoms with van der Waals surface area (Å²) in [6, 6.07) is 15.7. The maximum Gasteiger partial charge on any atom is 0.323 e. The van der Waals surface area contributed by atoms with Crippen molar-refractivity contribution in [2.75, 3.05) is 15.5 Å². The molecule has 4 rings (SSSR count). The molecular formula is C19H16ClN5O2. The van der Waals surface area contributed by atoms with E-state index < -0.39 is 6.17 Å². The highest BCUT2D eigenvalue weighted by molar-refractivity contribution is 6.33. The van der Waals surface area contributed by atoms with E-state index in [1.807, 2.05) is 17.0 Å². The molecule has 0 fully saturated rings. The second kappa shape index (κ2) is 7.14. The van der Waals surface area contributed by atoms with Gasteiger partial charge in [-0.25, -0.2) is 9.79 Å². The van der Waals surface area contributed by atoms with Gasteiger partial charge < -0.3 is 25.7 Å². The van der Waals surface area contributed by atoms with Crippen LogP contribution in [0.15, 0.2) is 70.3 Å². The Morgan fingerprint density at radius 3 is 2.67 bits per heavy atom. The Morgan fingerprint density at radius 1 is 1.11 bits per heavy atom. The zero-order valence-electron chi connectivity index (χ0n) is 14.1. The lowest BCUT2D eigenvalue weighted by molar-refractivity contribution is 0.262. The number of benzene rings is 2. The number of furan rings is 1. The van der Waals surface area contributed by atoms with Crippen molar-refractivity contribution in [2.45, 2.75) is 6.17 Å². The van der Waals surface area contributed by atoms with Crippen LogP contribution in [0.1, 0.15) is 11.7 Å². The van der Waals surface area contributed by atoms with Crippen molar-refractivity contribution in [3.63, 3.8) is 0 Å². The molecule has 0 bridgehead atoms. The van der Waals surface area contributed by atoms with Crippen LogP contribution >= 0.6 is 11.6 Å². The number of anilines is 3. The van der Waals surface area contributed by atoms with Gasteiger partial charge in [-0.2, -0.15) is 0 Å². The van der Waals surface area contributed by atoms with Crippen molar-refractivity contribution < 1.29 is 9.21 Å². The van der Waals surface area contributed by atoms with Gasteiger partial charge >= 0.3 is 6.03 Å². The van der Waals surface area contributed by atoms with Gasteiger partial charge in [0.2, 0.25) is 5.88 Å². The summed E-state index contributed by atoms with van der Waals surface area (Å²) in [7, 11) is 0. The molecule has 0 radical (unpaired) electrons. The van der Waals surface area contributed by atoms with Crippen LogP contribution in [0.3, 0.4) is 0 Å². The average Bonchev–Trinajstić information content (AvgIpc) is 3.15. The van der Waals surface area contributed by atoms with Crippen molar-refractivity contribution in [3.05, 3.63) is 71.4 Å². The summed E-state index contributed by atoms with van der Waals surface area (Å²) in [6.45, 7) is 0. The Balaban J connectivity index is 1.44. The molecule has 0 saturated heterocycles. The van der Waals surface area contributed by atoms with Crippen LogP contribution in [0, 0.1) is 0 Å². The SMILES string of the molecule is NC1c2ccoc2N=CN1c1ccc(NC(=O)Nc2ccccc2Cl)cc1. The Hall–Kier alpha value is -3.29. The minimum absolute atomic E-state index is 0.380. The van der Waals surface area contributed by atoms with E-state index in [2.05, 4.69) is 15.6 Å². The van der Waals surface area contributed by atoms with Crippen LogP contribution in [0.5, 0.6) is 0 Å². The lowest BCUT2D eigenvalue weighted by atomic mass is 10.2. The highest BCUT2D eigenvalue weighted by Crippen LogP contribution is 2.33. The zero-order chi connectivity index (χ0) is 18.8. The summed E-state index contributed by atoms with van der Waals surface area (Å²) < 4.78 is 5.26. The van der Waals surface area contributed by atoms with E-state index in [0.29, 0.717) is 22.3 Å². The highest BCUT2D eigenvalue weighted by atomic mass is 35.5. The third-order valence-electron chi connectivity index (χ3n) is 4.14. The molecule has 0 spiro atoms. The van der Waals surface area contributed by atoms with Crippen molar-refractivity contribution in [3.8, 4) is 0 Å². The first-order valence-corrected chi connectivity index (χ1v) is 8.58. The standard InChI is InChI=1S/C19H16ClN5O2/c20-15-3-1-2-4-16(15)24-19(26)23-12-5-7-13(8-6-12)25-11-22-18-14(17(25)21)9-10-27-18/h1-11,17H,21H2,(H2,23,24,26). The second-order valence-corrected chi connectivity index (χ2v) is 6.29. The van der Waals surface area contributed by atoms with Gasteiger partial charge in [-0.05, 0) is 42.5 Å². The van der Waals surface area contributed by atoms with Crippen molar-refractivity contribution in [1.29, 1.82) is 0 Å². The molecule has 1 unspecified atom stereocenters. The largest absolute Gasteiger partial charge is 0.446 e. The summed E-state index contributed by atoms with van der Waals surface area (Å²) in [4.78, 5) is 18.2. The highest BCUT2D eigenvalue weighted by Gasteiger charge is 2.24. The lowest BCUT2D eigenvalue weighted by Gasteiger charge is -2.29. The maximum atomic E-state index is 12.1. The number of aliphatic imine (C=N–C) groups is 1. The molecule has 7 nitrogen and oxygen atoms in total. The van der Waals surface area contributed by atoms with Gasteiger partial charge in [-0.3, -0.25) is 0 Å². The van der Waals surface area contributed by atoms with Crippen LogP contribution in [0.25, 0.3) is 0 Å². The number of nitrogens with one attached hydrogen (secondary N) is 2. The van der Waals surface area contributed by atoms with E-state index in [0.717, 1.165) is 11.3 Å². The van der Waals surface area contributed by atoms with Gasteiger partial charge in [0.05, 0.1) is 22.5 Å². The molecule has 4 N–H and O–H groups in total. The van der Waals surface area contributed by atoms with Gasteiger partial charge in [0.15, 0.2) is 0 Å². The molecule has 2 amide bonds. The molecule has 2 heterocycles. The maximum absolute atomic E-state index is 12.1. The molecule has 0 aliphatic carbocycles. The quantitative estimate of drug-likeness (QED) is 0.611. The number of fused-ring (bicyclic) bond motifs is 1. The van der Waals surface area contributed by atoms with Gasteiger partial charge in [0.1, 0.15) is 12.5 Å². The van der Waals surface area contributed by atoms with Crippen LogP contribution in [0.2, 0.25) is 5.02 Å². The molecule has 1 atom stereocenters. The molecule has 27 heavy (non-hydrogen) atoms. The fourth-order valence-electron chi connectivity index (χ4n) is 2.77. The summed E-state index contributed by atoms with van der Waals surface area (Å²) in [5.74, 6) is 0.522. The molecule has 1 aliphatic heterocycles. The third-order valence-corrected chi connectivity index (χ3v) is 4.47.